The highest BCUT2D eigenvalue weighted by Gasteiger charge is 2.58. The van der Waals surface area contributed by atoms with Gasteiger partial charge in [-0.2, -0.15) is 0 Å². The molecule has 0 saturated carbocycles. The van der Waals surface area contributed by atoms with Gasteiger partial charge in [-0.05, 0) is 35.9 Å². The molecule has 0 aliphatic carbocycles. The molecule has 0 unspecified atom stereocenters. The van der Waals surface area contributed by atoms with Gasteiger partial charge in [0, 0.05) is 6.20 Å². The van der Waals surface area contributed by atoms with Gasteiger partial charge in [-0.1, -0.05) is 60.7 Å². The molecule has 3 amide bonds. The van der Waals surface area contributed by atoms with Crippen molar-refractivity contribution in [3.8, 4) is 5.75 Å². The maximum absolute atomic E-state index is 13.1. The smallest absolute Gasteiger partial charge is 0.423 e. The molecule has 1 aromatic heterocycles. The monoisotopic (exact) mass is 455 g/mol. The number of carbonyl (C=O) groups is 3. The molecule has 34 heavy (non-hydrogen) atoms. The predicted molar refractivity (Wildman–Crippen MR) is 122 cm³/mol. The highest BCUT2D eigenvalue weighted by atomic mass is 16.6. The Balaban J connectivity index is 1.47. The van der Waals surface area contributed by atoms with Crippen LogP contribution in [0.25, 0.3) is 6.08 Å². The second-order valence-electron chi connectivity index (χ2n) is 7.85. The Labute approximate surface area is 196 Å². The largest absolute Gasteiger partial charge is 0.447 e. The number of ether oxygens (including phenoxy) is 2. The van der Waals surface area contributed by atoms with Crippen LogP contribution in [0.2, 0.25) is 0 Å². The molecule has 3 aromatic rings. The van der Waals surface area contributed by atoms with Crippen molar-refractivity contribution in [2.24, 2.45) is 5.92 Å². The fourth-order valence-electron chi connectivity index (χ4n) is 4.15. The van der Waals surface area contributed by atoms with Crippen LogP contribution in [0, 0.1) is 5.92 Å². The number of hydrogen-bond acceptors (Lipinski definition) is 6. The van der Waals surface area contributed by atoms with Crippen LogP contribution < -0.4 is 4.74 Å². The van der Waals surface area contributed by atoms with Crippen LogP contribution in [0.4, 0.5) is 9.59 Å². The molecular weight excluding hydrogens is 434 g/mol. The van der Waals surface area contributed by atoms with Crippen LogP contribution in [0.3, 0.4) is 0 Å². The minimum absolute atomic E-state index is 0.117. The zero-order valence-corrected chi connectivity index (χ0v) is 18.1. The summed E-state index contributed by atoms with van der Waals surface area (Å²) in [6.07, 6.45) is 2.66. The second-order valence-corrected chi connectivity index (χ2v) is 7.85. The standard InChI is InChI=1S/C26H21N3O5/c30-24-21(15-14-19-11-7-8-16-27-19)23(29(24)26(32)34-20-12-5-2-6-13-20)28-22(17-33-25(28)31)18-9-3-1-4-10-18/h1-16,21-23H,17H2/t21-,22-,23-/m1/s1. The number of benzene rings is 2. The van der Waals surface area contributed by atoms with Gasteiger partial charge >= 0.3 is 12.2 Å². The number of para-hydroxylation sites is 1. The topological polar surface area (TPSA) is 89.0 Å². The van der Waals surface area contributed by atoms with Crippen LogP contribution in [0.5, 0.6) is 5.75 Å². The van der Waals surface area contributed by atoms with E-state index in [1.54, 1.807) is 60.8 Å². The van der Waals surface area contributed by atoms with E-state index < -0.39 is 36.2 Å². The average Bonchev–Trinajstić information content (AvgIpc) is 3.24. The van der Waals surface area contributed by atoms with Crippen molar-refractivity contribution in [2.75, 3.05) is 6.61 Å². The molecule has 8 nitrogen and oxygen atoms in total. The number of likely N-dealkylation sites (tertiary alicyclic amines) is 1. The summed E-state index contributed by atoms with van der Waals surface area (Å²) in [5, 5.41) is 0. The quantitative estimate of drug-likeness (QED) is 0.534. The Kier molecular flexibility index (Phi) is 5.78. The second kappa shape index (κ2) is 9.19. The fraction of sp³-hybridized carbons (Fsp3) is 0.154. The van der Waals surface area contributed by atoms with Gasteiger partial charge in [0.05, 0.1) is 17.7 Å². The molecule has 2 aliphatic heterocycles. The molecule has 0 N–H and O–H groups in total. The lowest BCUT2D eigenvalue weighted by Gasteiger charge is -2.48. The predicted octanol–water partition coefficient (Wildman–Crippen LogP) is 4.27. The Bertz CT molecular complexity index is 1220. The van der Waals surface area contributed by atoms with Crippen molar-refractivity contribution in [1.82, 2.24) is 14.8 Å². The van der Waals surface area contributed by atoms with E-state index >= 15 is 0 Å². The summed E-state index contributed by atoms with van der Waals surface area (Å²) >= 11 is 0. The Morgan fingerprint density at radius 1 is 0.971 bits per heavy atom. The van der Waals surface area contributed by atoms with Crippen molar-refractivity contribution in [3.05, 3.63) is 102 Å². The highest BCUT2D eigenvalue weighted by molar-refractivity contribution is 6.02. The maximum Gasteiger partial charge on any atom is 0.423 e. The third-order valence-electron chi connectivity index (χ3n) is 5.80. The third kappa shape index (κ3) is 4.01. The first-order chi connectivity index (χ1) is 16.6. The molecule has 2 aromatic carbocycles. The summed E-state index contributed by atoms with van der Waals surface area (Å²) < 4.78 is 10.8. The normalized spacial score (nSPS) is 21.9. The van der Waals surface area contributed by atoms with Gasteiger partial charge in [0.25, 0.3) is 0 Å². The number of imide groups is 1. The zero-order valence-electron chi connectivity index (χ0n) is 18.1. The van der Waals surface area contributed by atoms with Crippen molar-refractivity contribution < 1.29 is 23.9 Å². The third-order valence-corrected chi connectivity index (χ3v) is 5.80. The van der Waals surface area contributed by atoms with Crippen LogP contribution in [-0.4, -0.2) is 45.7 Å². The van der Waals surface area contributed by atoms with Crippen molar-refractivity contribution in [2.45, 2.75) is 12.2 Å². The number of amides is 3. The van der Waals surface area contributed by atoms with Gasteiger partial charge in [-0.25, -0.2) is 14.5 Å². The first-order valence-corrected chi connectivity index (χ1v) is 10.8. The summed E-state index contributed by atoms with van der Waals surface area (Å²) in [5.74, 6) is -0.929. The summed E-state index contributed by atoms with van der Waals surface area (Å²) in [5.41, 5.74) is 1.50. The van der Waals surface area contributed by atoms with Crippen molar-refractivity contribution in [3.63, 3.8) is 0 Å². The number of cyclic esters (lactones) is 1. The van der Waals surface area contributed by atoms with Gasteiger partial charge in [-0.15, -0.1) is 0 Å². The minimum atomic E-state index is -0.899. The minimum Gasteiger partial charge on any atom is -0.447 e. The number of pyridine rings is 1. The summed E-state index contributed by atoms with van der Waals surface area (Å²) in [4.78, 5) is 45.6. The molecule has 3 atom stereocenters. The van der Waals surface area contributed by atoms with Gasteiger partial charge in [0.2, 0.25) is 5.91 Å². The number of rotatable bonds is 5. The van der Waals surface area contributed by atoms with E-state index in [1.165, 1.54) is 4.90 Å². The molecule has 2 fully saturated rings. The van der Waals surface area contributed by atoms with E-state index in [9.17, 15) is 14.4 Å². The van der Waals surface area contributed by atoms with Crippen LogP contribution >= 0.6 is 0 Å². The maximum atomic E-state index is 13.1. The summed E-state index contributed by atoms with van der Waals surface area (Å²) in [6.45, 7) is 0.117. The molecule has 0 radical (unpaired) electrons. The first kappa shape index (κ1) is 21.4. The lowest BCUT2D eigenvalue weighted by atomic mass is 9.90. The number of β-lactam (4-membered cyclic amide) rings is 1. The average molecular weight is 455 g/mol. The van der Waals surface area contributed by atoms with Crippen LogP contribution in [-0.2, 0) is 9.53 Å². The first-order valence-electron chi connectivity index (χ1n) is 10.8. The van der Waals surface area contributed by atoms with Gasteiger partial charge in [-0.3, -0.25) is 14.7 Å². The number of aromatic nitrogens is 1. The van der Waals surface area contributed by atoms with E-state index in [1.807, 2.05) is 36.4 Å². The molecule has 8 heteroatoms. The molecule has 0 spiro atoms. The number of nitrogens with zero attached hydrogens (tertiary/aromatic N) is 3. The zero-order chi connectivity index (χ0) is 23.5. The lowest BCUT2D eigenvalue weighted by molar-refractivity contribution is -0.157. The number of carbonyl (C=O) groups excluding carboxylic acids is 3. The van der Waals surface area contributed by atoms with Gasteiger partial charge in [0.15, 0.2) is 0 Å². The van der Waals surface area contributed by atoms with E-state index in [2.05, 4.69) is 4.98 Å². The Hall–Kier alpha value is -4.46. The Morgan fingerprint density at radius 2 is 1.68 bits per heavy atom. The molecule has 2 saturated heterocycles. The highest BCUT2D eigenvalue weighted by Crippen LogP contribution is 2.40. The van der Waals surface area contributed by atoms with Gasteiger partial charge in [0.1, 0.15) is 18.5 Å². The molecule has 5 rings (SSSR count). The van der Waals surface area contributed by atoms with E-state index in [0.29, 0.717) is 11.4 Å². The fourth-order valence-corrected chi connectivity index (χ4v) is 4.15. The van der Waals surface area contributed by atoms with Crippen LogP contribution in [0.1, 0.15) is 17.3 Å². The van der Waals surface area contributed by atoms with Crippen molar-refractivity contribution in [1.29, 1.82) is 0 Å². The molecule has 0 bridgehead atoms. The van der Waals surface area contributed by atoms with E-state index in [0.717, 1.165) is 10.5 Å². The van der Waals surface area contributed by atoms with Crippen molar-refractivity contribution >= 4 is 24.2 Å². The number of hydrogen-bond donors (Lipinski definition) is 0. The molecule has 2 aliphatic rings. The SMILES string of the molecule is O=C(Oc1ccccc1)N1C(=O)[C@H](C=Cc2ccccn2)[C@@H]1N1C(=O)OC[C@@H]1c1ccccc1. The van der Waals surface area contributed by atoms with Crippen LogP contribution in [0.15, 0.2) is 91.1 Å². The summed E-state index contributed by atoms with van der Waals surface area (Å²) in [7, 11) is 0. The molecule has 170 valence electrons. The summed E-state index contributed by atoms with van der Waals surface area (Å²) in [6, 6.07) is 22.8. The van der Waals surface area contributed by atoms with Gasteiger partial charge < -0.3 is 9.47 Å². The molecular formula is C26H21N3O5. The van der Waals surface area contributed by atoms with E-state index in [4.69, 9.17) is 9.47 Å². The van der Waals surface area contributed by atoms with E-state index in [-0.39, 0.29) is 6.61 Å². The molecule has 3 heterocycles. The Morgan fingerprint density at radius 3 is 2.38 bits per heavy atom. The lowest BCUT2D eigenvalue weighted by Crippen LogP contribution is -2.69.